The number of nitrogens with one attached hydrogen (secondary N) is 2. The Labute approximate surface area is 132 Å². The molecule has 0 amide bonds. The van der Waals surface area contributed by atoms with Gasteiger partial charge in [0.1, 0.15) is 0 Å². The Bertz CT molecular complexity index is 758. The van der Waals surface area contributed by atoms with Crippen molar-refractivity contribution in [3.05, 3.63) is 40.9 Å². The van der Waals surface area contributed by atoms with Crippen molar-refractivity contribution in [2.75, 3.05) is 30.9 Å². The van der Waals surface area contributed by atoms with Crippen LogP contribution in [-0.2, 0) is 10.2 Å². The minimum atomic E-state index is -3.51. The van der Waals surface area contributed by atoms with Crippen LogP contribution in [0.2, 0.25) is 0 Å². The van der Waals surface area contributed by atoms with E-state index in [1.54, 1.807) is 6.07 Å². The lowest BCUT2D eigenvalue weighted by molar-refractivity contribution is 0.362. The number of halogens is 1. The van der Waals surface area contributed by atoms with Gasteiger partial charge in [-0.3, -0.25) is 4.72 Å². The van der Waals surface area contributed by atoms with Gasteiger partial charge < -0.3 is 5.32 Å². The van der Waals surface area contributed by atoms with E-state index < -0.39 is 10.2 Å². The fraction of sp³-hybridized carbons (Fsp3) is 0.286. The van der Waals surface area contributed by atoms with Crippen molar-refractivity contribution in [2.45, 2.75) is 0 Å². The summed E-state index contributed by atoms with van der Waals surface area (Å²) in [6.45, 7) is 2.34. The summed E-state index contributed by atoms with van der Waals surface area (Å²) in [5.74, 6) is 0. The third-order valence-corrected chi connectivity index (χ3v) is 5.74. The van der Waals surface area contributed by atoms with Crippen molar-refractivity contribution in [1.82, 2.24) is 9.62 Å². The molecule has 0 saturated carbocycles. The normalized spacial score (nSPS) is 17.0. The number of benzene rings is 2. The summed E-state index contributed by atoms with van der Waals surface area (Å²) in [6.07, 6.45) is 0. The molecular weight excluding hydrogens is 354 g/mol. The molecule has 2 aromatic rings. The summed E-state index contributed by atoms with van der Waals surface area (Å²) in [5.41, 5.74) is 0.604. The van der Waals surface area contributed by atoms with Crippen molar-refractivity contribution in [1.29, 1.82) is 0 Å². The van der Waals surface area contributed by atoms with Gasteiger partial charge in [0.05, 0.1) is 5.69 Å². The lowest BCUT2D eigenvalue weighted by Gasteiger charge is -2.27. The first kappa shape index (κ1) is 14.8. The lowest BCUT2D eigenvalue weighted by Crippen LogP contribution is -2.48. The number of hydrogen-bond acceptors (Lipinski definition) is 3. The molecule has 3 rings (SSSR count). The highest BCUT2D eigenvalue weighted by Gasteiger charge is 2.24. The minimum absolute atomic E-state index is 0.490. The van der Waals surface area contributed by atoms with Crippen LogP contribution in [0.3, 0.4) is 0 Å². The van der Waals surface area contributed by atoms with Crippen molar-refractivity contribution in [3.63, 3.8) is 0 Å². The quantitative estimate of drug-likeness (QED) is 0.871. The average molecular weight is 370 g/mol. The second kappa shape index (κ2) is 5.92. The zero-order chi connectivity index (χ0) is 14.9. The van der Waals surface area contributed by atoms with E-state index in [2.05, 4.69) is 26.0 Å². The molecule has 2 N–H and O–H groups in total. The molecule has 7 heteroatoms. The van der Waals surface area contributed by atoms with E-state index in [-0.39, 0.29) is 0 Å². The molecule has 0 aliphatic carbocycles. The molecule has 1 aliphatic heterocycles. The van der Waals surface area contributed by atoms with Gasteiger partial charge in [-0.05, 0) is 17.5 Å². The number of anilines is 1. The Balaban J connectivity index is 1.96. The molecular formula is C14H16BrN3O2S. The molecule has 0 atom stereocenters. The largest absolute Gasteiger partial charge is 0.314 e. The zero-order valence-corrected chi connectivity index (χ0v) is 13.7. The number of rotatable bonds is 3. The van der Waals surface area contributed by atoms with Crippen molar-refractivity contribution in [2.24, 2.45) is 0 Å². The van der Waals surface area contributed by atoms with Crippen LogP contribution in [0.25, 0.3) is 10.8 Å². The molecule has 0 bridgehead atoms. The van der Waals surface area contributed by atoms with E-state index in [0.29, 0.717) is 31.9 Å². The molecule has 1 saturated heterocycles. The van der Waals surface area contributed by atoms with Gasteiger partial charge >= 0.3 is 10.2 Å². The van der Waals surface area contributed by atoms with Crippen molar-refractivity contribution < 1.29 is 8.42 Å². The highest BCUT2D eigenvalue weighted by molar-refractivity contribution is 9.10. The highest BCUT2D eigenvalue weighted by atomic mass is 79.9. The molecule has 0 radical (unpaired) electrons. The van der Waals surface area contributed by atoms with Crippen LogP contribution >= 0.6 is 15.9 Å². The maximum absolute atomic E-state index is 12.5. The Hall–Kier alpha value is -1.15. The maximum atomic E-state index is 12.5. The molecule has 1 aliphatic rings. The first-order valence-corrected chi connectivity index (χ1v) is 8.97. The zero-order valence-electron chi connectivity index (χ0n) is 11.3. The summed E-state index contributed by atoms with van der Waals surface area (Å²) in [5, 5.41) is 5.01. The summed E-state index contributed by atoms with van der Waals surface area (Å²) in [6, 6.07) is 11.3. The summed E-state index contributed by atoms with van der Waals surface area (Å²) < 4.78 is 30.0. The number of piperazine rings is 1. The Morgan fingerprint density at radius 3 is 2.43 bits per heavy atom. The molecule has 1 heterocycles. The van der Waals surface area contributed by atoms with Crippen LogP contribution in [0, 0.1) is 0 Å². The van der Waals surface area contributed by atoms with Crippen LogP contribution in [0.15, 0.2) is 40.9 Å². The van der Waals surface area contributed by atoms with E-state index in [9.17, 15) is 8.42 Å². The predicted molar refractivity (Wildman–Crippen MR) is 88.6 cm³/mol. The molecule has 2 aromatic carbocycles. The average Bonchev–Trinajstić information content (AvgIpc) is 2.51. The van der Waals surface area contributed by atoms with Gasteiger partial charge in [-0.25, -0.2) is 0 Å². The van der Waals surface area contributed by atoms with Gasteiger partial charge in [0.25, 0.3) is 0 Å². The van der Waals surface area contributed by atoms with Crippen LogP contribution in [0.5, 0.6) is 0 Å². The van der Waals surface area contributed by atoms with Crippen LogP contribution in [0.1, 0.15) is 0 Å². The molecule has 21 heavy (non-hydrogen) atoms. The standard InChI is InChI=1S/C14H16BrN3O2S/c15-13-5-6-14(12-4-2-1-3-11(12)13)17-21(19,20)18-9-7-16-8-10-18/h1-6,16-17H,7-10H2. The monoisotopic (exact) mass is 369 g/mol. The Morgan fingerprint density at radius 1 is 1.05 bits per heavy atom. The summed E-state index contributed by atoms with van der Waals surface area (Å²) in [4.78, 5) is 0. The van der Waals surface area contributed by atoms with Gasteiger partial charge in [-0.2, -0.15) is 12.7 Å². The summed E-state index contributed by atoms with van der Waals surface area (Å²) >= 11 is 3.49. The van der Waals surface area contributed by atoms with Crippen LogP contribution in [-0.4, -0.2) is 38.9 Å². The molecule has 0 spiro atoms. The Morgan fingerprint density at radius 2 is 1.71 bits per heavy atom. The van der Waals surface area contributed by atoms with Crippen LogP contribution in [0.4, 0.5) is 5.69 Å². The second-order valence-corrected chi connectivity index (χ2v) is 7.42. The van der Waals surface area contributed by atoms with E-state index in [1.807, 2.05) is 30.3 Å². The van der Waals surface area contributed by atoms with Gasteiger partial charge in [0.2, 0.25) is 0 Å². The van der Waals surface area contributed by atoms with E-state index in [4.69, 9.17) is 0 Å². The third-order valence-electron chi connectivity index (χ3n) is 3.53. The number of nitrogens with zero attached hydrogens (tertiary/aromatic N) is 1. The second-order valence-electron chi connectivity index (χ2n) is 4.90. The SMILES string of the molecule is O=S(=O)(Nc1ccc(Br)c2ccccc12)N1CCNCC1. The van der Waals surface area contributed by atoms with Crippen molar-refractivity contribution >= 4 is 42.6 Å². The highest BCUT2D eigenvalue weighted by Crippen LogP contribution is 2.30. The first-order valence-electron chi connectivity index (χ1n) is 6.74. The smallest absolute Gasteiger partial charge is 0.301 e. The summed E-state index contributed by atoms with van der Waals surface area (Å²) in [7, 11) is -3.51. The molecule has 5 nitrogen and oxygen atoms in total. The fourth-order valence-electron chi connectivity index (χ4n) is 2.44. The van der Waals surface area contributed by atoms with E-state index in [1.165, 1.54) is 4.31 Å². The topological polar surface area (TPSA) is 61.4 Å². The minimum Gasteiger partial charge on any atom is -0.314 e. The van der Waals surface area contributed by atoms with Gasteiger partial charge in [0, 0.05) is 36.0 Å². The van der Waals surface area contributed by atoms with E-state index >= 15 is 0 Å². The van der Waals surface area contributed by atoms with E-state index in [0.717, 1.165) is 15.2 Å². The molecule has 1 fully saturated rings. The molecule has 112 valence electrons. The predicted octanol–water partition coefficient (Wildman–Crippen LogP) is 2.16. The van der Waals surface area contributed by atoms with Crippen LogP contribution < -0.4 is 10.0 Å². The molecule has 0 aromatic heterocycles. The lowest BCUT2D eigenvalue weighted by atomic mass is 10.1. The van der Waals surface area contributed by atoms with Gasteiger partial charge in [-0.1, -0.05) is 40.2 Å². The molecule has 0 unspecified atom stereocenters. The first-order chi connectivity index (χ1) is 10.1. The third kappa shape index (κ3) is 3.06. The van der Waals surface area contributed by atoms with Gasteiger partial charge in [0.15, 0.2) is 0 Å². The van der Waals surface area contributed by atoms with Gasteiger partial charge in [-0.15, -0.1) is 0 Å². The maximum Gasteiger partial charge on any atom is 0.301 e. The number of hydrogen-bond donors (Lipinski definition) is 2. The van der Waals surface area contributed by atoms with Crippen molar-refractivity contribution in [3.8, 4) is 0 Å². The Kier molecular flexibility index (Phi) is 4.17. The fourth-order valence-corrected chi connectivity index (χ4v) is 4.17. The number of fused-ring (bicyclic) bond motifs is 1.